The number of ether oxygens (including phenoxy) is 1. The Kier molecular flexibility index (Phi) is 6.22. The first-order chi connectivity index (χ1) is 12.1. The molecule has 2 aromatic carbocycles. The average Bonchev–Trinajstić information content (AvgIpc) is 2.63. The van der Waals surface area contributed by atoms with Gasteiger partial charge in [-0.3, -0.25) is 0 Å². The van der Waals surface area contributed by atoms with E-state index in [0.29, 0.717) is 5.70 Å². The molecule has 0 saturated carbocycles. The molecule has 0 unspecified atom stereocenters. The summed E-state index contributed by atoms with van der Waals surface area (Å²) >= 11 is 0. The molecule has 5 nitrogen and oxygen atoms in total. The molecular weight excluding hydrogens is 312 g/mol. The van der Waals surface area contributed by atoms with Gasteiger partial charge in [-0.05, 0) is 42.5 Å². The molecule has 0 saturated heterocycles. The minimum Gasteiger partial charge on any atom is -0.457 e. The van der Waals surface area contributed by atoms with Crippen LogP contribution in [0.5, 0.6) is 11.5 Å². The first kappa shape index (κ1) is 17.7. The van der Waals surface area contributed by atoms with Crippen molar-refractivity contribution in [1.82, 2.24) is 4.90 Å². The lowest BCUT2D eigenvalue weighted by molar-refractivity contribution is 0.483. The second-order valence-electron chi connectivity index (χ2n) is 5.30. The fourth-order valence-electron chi connectivity index (χ4n) is 2.06. The lowest BCUT2D eigenvalue weighted by atomic mass is 10.2. The first-order valence-corrected chi connectivity index (χ1v) is 7.62. The Morgan fingerprint density at radius 1 is 0.960 bits per heavy atom. The summed E-state index contributed by atoms with van der Waals surface area (Å²) in [6, 6.07) is 20.9. The Labute approximate surface area is 147 Å². The largest absolute Gasteiger partial charge is 0.457 e. The van der Waals surface area contributed by atoms with Crippen molar-refractivity contribution in [3.8, 4) is 23.6 Å². The third-order valence-corrected chi connectivity index (χ3v) is 3.29. The standard InChI is InChI=1S/C20H18N4O/c1-24(2)20(16(14-21)15-22)12-13-23-17-8-10-19(11-9-17)25-18-6-4-3-5-7-18/h3-13,23H,1-2H3. The van der Waals surface area contributed by atoms with Crippen LogP contribution in [0.3, 0.4) is 0 Å². The zero-order valence-corrected chi connectivity index (χ0v) is 14.1. The second-order valence-corrected chi connectivity index (χ2v) is 5.30. The van der Waals surface area contributed by atoms with Gasteiger partial charge < -0.3 is 15.0 Å². The molecule has 2 rings (SSSR count). The Morgan fingerprint density at radius 3 is 2.12 bits per heavy atom. The molecule has 0 aliphatic carbocycles. The highest BCUT2D eigenvalue weighted by atomic mass is 16.5. The van der Waals surface area contributed by atoms with E-state index in [2.05, 4.69) is 5.32 Å². The molecule has 0 heterocycles. The van der Waals surface area contributed by atoms with Crippen LogP contribution in [0, 0.1) is 22.7 Å². The van der Waals surface area contributed by atoms with Crippen molar-refractivity contribution in [3.05, 3.63) is 78.1 Å². The summed E-state index contributed by atoms with van der Waals surface area (Å²) < 4.78 is 5.74. The zero-order valence-electron chi connectivity index (χ0n) is 14.1. The predicted molar refractivity (Wildman–Crippen MR) is 97.7 cm³/mol. The first-order valence-electron chi connectivity index (χ1n) is 7.62. The highest BCUT2D eigenvalue weighted by Crippen LogP contribution is 2.22. The zero-order chi connectivity index (χ0) is 18.1. The lowest BCUT2D eigenvalue weighted by Crippen LogP contribution is -2.11. The molecule has 2 aromatic rings. The third kappa shape index (κ3) is 5.16. The van der Waals surface area contributed by atoms with Crippen molar-refractivity contribution < 1.29 is 4.74 Å². The number of likely N-dealkylation sites (N-methyl/N-ethyl adjacent to an activating group) is 1. The molecule has 0 aliphatic heterocycles. The Morgan fingerprint density at radius 2 is 1.56 bits per heavy atom. The fraction of sp³-hybridized carbons (Fsp3) is 0.100. The average molecular weight is 330 g/mol. The van der Waals surface area contributed by atoms with Gasteiger partial charge >= 0.3 is 0 Å². The molecule has 5 heteroatoms. The Bertz CT molecular complexity index is 822. The van der Waals surface area contributed by atoms with E-state index < -0.39 is 0 Å². The van der Waals surface area contributed by atoms with Crippen LogP contribution in [0.4, 0.5) is 5.69 Å². The van der Waals surface area contributed by atoms with Gasteiger partial charge in [-0.25, -0.2) is 0 Å². The van der Waals surface area contributed by atoms with Crippen LogP contribution >= 0.6 is 0 Å². The number of para-hydroxylation sites is 1. The molecule has 0 fully saturated rings. The van der Waals surface area contributed by atoms with Gasteiger partial charge in [0.1, 0.15) is 23.6 Å². The van der Waals surface area contributed by atoms with Crippen molar-refractivity contribution in [1.29, 1.82) is 10.5 Å². The summed E-state index contributed by atoms with van der Waals surface area (Å²) in [6.45, 7) is 0. The van der Waals surface area contributed by atoms with Gasteiger partial charge in [0.15, 0.2) is 5.57 Å². The topological polar surface area (TPSA) is 72.1 Å². The fourth-order valence-corrected chi connectivity index (χ4v) is 2.06. The SMILES string of the molecule is CN(C)C(C=CNc1ccc(Oc2ccccc2)cc1)=C(C#N)C#N. The van der Waals surface area contributed by atoms with Crippen molar-refractivity contribution in [2.24, 2.45) is 0 Å². The summed E-state index contributed by atoms with van der Waals surface area (Å²) in [5, 5.41) is 21.1. The summed E-state index contributed by atoms with van der Waals surface area (Å²) in [5.41, 5.74) is 1.47. The molecule has 0 amide bonds. The number of nitrogens with one attached hydrogen (secondary N) is 1. The highest BCUT2D eigenvalue weighted by Gasteiger charge is 2.04. The molecular formula is C20H18N4O. The van der Waals surface area contributed by atoms with E-state index in [1.54, 1.807) is 31.3 Å². The van der Waals surface area contributed by atoms with E-state index in [9.17, 15) is 0 Å². The Balaban J connectivity index is 2.03. The van der Waals surface area contributed by atoms with Gasteiger partial charge in [-0.2, -0.15) is 10.5 Å². The van der Waals surface area contributed by atoms with Crippen LogP contribution in [-0.2, 0) is 0 Å². The van der Waals surface area contributed by atoms with Gasteiger partial charge in [0.25, 0.3) is 0 Å². The molecule has 0 bridgehead atoms. The number of rotatable bonds is 6. The molecule has 0 spiro atoms. The number of nitrogens with zero attached hydrogens (tertiary/aromatic N) is 3. The second kappa shape index (κ2) is 8.81. The van der Waals surface area contributed by atoms with Crippen LogP contribution in [0.15, 0.2) is 78.1 Å². The Hall–Kier alpha value is -3.70. The van der Waals surface area contributed by atoms with Crippen LogP contribution in [-0.4, -0.2) is 19.0 Å². The van der Waals surface area contributed by atoms with Crippen molar-refractivity contribution >= 4 is 5.69 Å². The van der Waals surface area contributed by atoms with E-state index in [0.717, 1.165) is 17.2 Å². The van der Waals surface area contributed by atoms with Crippen LogP contribution in [0.1, 0.15) is 0 Å². The van der Waals surface area contributed by atoms with Crippen LogP contribution in [0.25, 0.3) is 0 Å². The van der Waals surface area contributed by atoms with E-state index in [4.69, 9.17) is 15.3 Å². The van der Waals surface area contributed by atoms with Crippen molar-refractivity contribution in [3.63, 3.8) is 0 Å². The number of benzene rings is 2. The van der Waals surface area contributed by atoms with Gasteiger partial charge in [-0.1, -0.05) is 18.2 Å². The molecule has 0 aromatic heterocycles. The van der Waals surface area contributed by atoms with Crippen LogP contribution < -0.4 is 10.1 Å². The molecule has 124 valence electrons. The smallest absolute Gasteiger partial charge is 0.152 e. The number of anilines is 1. The minimum atomic E-state index is 0.0645. The van der Waals surface area contributed by atoms with Crippen molar-refractivity contribution in [2.75, 3.05) is 19.4 Å². The summed E-state index contributed by atoms with van der Waals surface area (Å²) in [7, 11) is 3.56. The quantitative estimate of drug-likeness (QED) is 0.632. The number of hydrogen-bond donors (Lipinski definition) is 1. The maximum atomic E-state index is 8.99. The lowest BCUT2D eigenvalue weighted by Gasteiger charge is -2.13. The summed E-state index contributed by atoms with van der Waals surface area (Å²) in [6.07, 6.45) is 3.38. The van der Waals surface area contributed by atoms with Gasteiger partial charge in [-0.15, -0.1) is 0 Å². The number of nitriles is 2. The maximum Gasteiger partial charge on any atom is 0.152 e. The monoisotopic (exact) mass is 330 g/mol. The van der Waals surface area contributed by atoms with E-state index in [1.807, 2.05) is 66.7 Å². The number of hydrogen-bond acceptors (Lipinski definition) is 5. The van der Waals surface area contributed by atoms with E-state index in [1.165, 1.54) is 0 Å². The third-order valence-electron chi connectivity index (χ3n) is 3.29. The van der Waals surface area contributed by atoms with E-state index in [-0.39, 0.29) is 5.57 Å². The molecule has 0 radical (unpaired) electrons. The van der Waals surface area contributed by atoms with Gasteiger partial charge in [0.05, 0.1) is 5.70 Å². The minimum absolute atomic E-state index is 0.0645. The molecule has 0 aliphatic rings. The van der Waals surface area contributed by atoms with Gasteiger partial charge in [0.2, 0.25) is 0 Å². The van der Waals surface area contributed by atoms with Crippen molar-refractivity contribution in [2.45, 2.75) is 0 Å². The maximum absolute atomic E-state index is 8.99. The molecule has 1 N–H and O–H groups in total. The predicted octanol–water partition coefficient (Wildman–Crippen LogP) is 4.27. The van der Waals surface area contributed by atoms with E-state index >= 15 is 0 Å². The van der Waals surface area contributed by atoms with Crippen LogP contribution in [0.2, 0.25) is 0 Å². The highest BCUT2D eigenvalue weighted by molar-refractivity contribution is 5.50. The molecule has 0 atom stereocenters. The molecule has 25 heavy (non-hydrogen) atoms. The summed E-state index contributed by atoms with van der Waals surface area (Å²) in [5.74, 6) is 1.52. The number of allylic oxidation sites excluding steroid dienone is 2. The van der Waals surface area contributed by atoms with Gasteiger partial charge in [0, 0.05) is 26.0 Å². The normalized spacial score (nSPS) is 9.76. The summed E-state index contributed by atoms with van der Waals surface area (Å²) in [4.78, 5) is 1.72.